The van der Waals surface area contributed by atoms with Gasteiger partial charge in [-0.3, -0.25) is 9.69 Å². The fraction of sp³-hybridized carbons (Fsp3) is 0.559. The van der Waals surface area contributed by atoms with E-state index in [1.165, 1.54) is 49.7 Å². The third kappa shape index (κ3) is 7.60. The second-order valence-electron chi connectivity index (χ2n) is 12.8. The van der Waals surface area contributed by atoms with E-state index in [1.807, 2.05) is 20.8 Å². The van der Waals surface area contributed by atoms with Gasteiger partial charge in [0.15, 0.2) is 5.82 Å². The van der Waals surface area contributed by atoms with Crippen LogP contribution in [0.5, 0.6) is 0 Å². The number of aromatic nitrogens is 2. The lowest BCUT2D eigenvalue weighted by Crippen LogP contribution is -2.47. The summed E-state index contributed by atoms with van der Waals surface area (Å²) in [6, 6.07) is 21.5. The van der Waals surface area contributed by atoms with Crippen LogP contribution in [0, 0.1) is 5.92 Å². The number of hydrogen-bond acceptors (Lipinski definition) is 6. The van der Waals surface area contributed by atoms with E-state index in [9.17, 15) is 4.79 Å². The summed E-state index contributed by atoms with van der Waals surface area (Å²) in [7, 11) is 0. The highest BCUT2D eigenvalue weighted by molar-refractivity contribution is 5.70. The Morgan fingerprint density at radius 2 is 1.60 bits per heavy atom. The number of rotatable bonds is 11. The van der Waals surface area contributed by atoms with Crippen LogP contribution in [-0.4, -0.2) is 39.7 Å². The van der Waals surface area contributed by atoms with Crippen molar-refractivity contribution in [3.63, 3.8) is 0 Å². The number of likely N-dealkylation sites (tertiary alicyclic amines) is 1. The standard InChI is InChI=1S/C34H45N3O3/c1-34(2,3)39-30(38)22-28(21-13-16-25-14-7-4-8-15-25)33-35-32(36-40-33)29-23-37(24-29)31(26-17-9-5-10-18-26)27-19-11-6-12-20-27/h5-6,9-12,17-20,25,28-29,31H,4,7-8,13-16,21-24H2,1-3H3. The van der Waals surface area contributed by atoms with Gasteiger partial charge in [0.1, 0.15) is 5.60 Å². The fourth-order valence-electron chi connectivity index (χ4n) is 6.38. The predicted octanol–water partition coefficient (Wildman–Crippen LogP) is 7.82. The molecule has 1 unspecified atom stereocenters. The van der Waals surface area contributed by atoms with E-state index >= 15 is 0 Å². The number of nitrogens with zero attached hydrogens (tertiary/aromatic N) is 3. The molecule has 5 rings (SSSR count). The van der Waals surface area contributed by atoms with Crippen LogP contribution >= 0.6 is 0 Å². The summed E-state index contributed by atoms with van der Waals surface area (Å²) in [4.78, 5) is 20.1. The largest absolute Gasteiger partial charge is 0.460 e. The molecule has 1 saturated heterocycles. The van der Waals surface area contributed by atoms with Gasteiger partial charge in [0.05, 0.1) is 12.5 Å². The Balaban J connectivity index is 1.24. The average molecular weight is 544 g/mol. The zero-order valence-electron chi connectivity index (χ0n) is 24.4. The number of benzene rings is 2. The first-order chi connectivity index (χ1) is 19.4. The molecular formula is C34H45N3O3. The molecule has 6 heteroatoms. The van der Waals surface area contributed by atoms with Crippen LogP contribution in [0.2, 0.25) is 0 Å². The summed E-state index contributed by atoms with van der Waals surface area (Å²) in [6.45, 7) is 7.47. The molecule has 1 aliphatic carbocycles. The maximum atomic E-state index is 12.8. The third-order valence-corrected chi connectivity index (χ3v) is 8.40. The maximum absolute atomic E-state index is 12.8. The van der Waals surface area contributed by atoms with Crippen molar-refractivity contribution in [2.45, 2.75) is 102 Å². The Morgan fingerprint density at radius 3 is 2.20 bits per heavy atom. The summed E-state index contributed by atoms with van der Waals surface area (Å²) in [5.74, 6) is 2.09. The van der Waals surface area contributed by atoms with Gasteiger partial charge in [-0.25, -0.2) is 0 Å². The molecule has 0 N–H and O–H groups in total. The molecule has 2 heterocycles. The van der Waals surface area contributed by atoms with Crippen LogP contribution in [-0.2, 0) is 9.53 Å². The number of ether oxygens (including phenoxy) is 1. The fourth-order valence-corrected chi connectivity index (χ4v) is 6.38. The van der Waals surface area contributed by atoms with E-state index < -0.39 is 5.60 Å². The summed E-state index contributed by atoms with van der Waals surface area (Å²) in [6.07, 6.45) is 10.2. The predicted molar refractivity (Wildman–Crippen MR) is 157 cm³/mol. The molecule has 1 aromatic heterocycles. The van der Waals surface area contributed by atoms with Gasteiger partial charge in [-0.05, 0) is 44.2 Å². The topological polar surface area (TPSA) is 68.5 Å². The van der Waals surface area contributed by atoms with Gasteiger partial charge in [-0.1, -0.05) is 111 Å². The van der Waals surface area contributed by atoms with E-state index in [4.69, 9.17) is 14.2 Å². The van der Waals surface area contributed by atoms with Crippen molar-refractivity contribution in [3.8, 4) is 0 Å². The van der Waals surface area contributed by atoms with Gasteiger partial charge < -0.3 is 9.26 Å². The maximum Gasteiger partial charge on any atom is 0.307 e. The van der Waals surface area contributed by atoms with Crippen molar-refractivity contribution >= 4 is 5.97 Å². The molecule has 2 aliphatic rings. The molecule has 0 bridgehead atoms. The van der Waals surface area contributed by atoms with Crippen molar-refractivity contribution < 1.29 is 14.1 Å². The lowest BCUT2D eigenvalue weighted by atomic mass is 9.84. The Kier molecular flexibility index (Phi) is 9.36. The molecule has 2 fully saturated rings. The van der Waals surface area contributed by atoms with Gasteiger partial charge in [0, 0.05) is 24.9 Å². The second kappa shape index (κ2) is 13.1. The molecule has 6 nitrogen and oxygen atoms in total. The molecule has 2 aromatic carbocycles. The molecule has 214 valence electrons. The highest BCUT2D eigenvalue weighted by Gasteiger charge is 2.38. The Labute approximate surface area is 239 Å². The molecule has 3 aromatic rings. The van der Waals surface area contributed by atoms with Gasteiger partial charge in [0.2, 0.25) is 5.89 Å². The van der Waals surface area contributed by atoms with E-state index in [0.29, 0.717) is 5.89 Å². The summed E-state index contributed by atoms with van der Waals surface area (Å²) < 4.78 is 11.5. The quantitative estimate of drug-likeness (QED) is 0.230. The van der Waals surface area contributed by atoms with E-state index in [-0.39, 0.29) is 30.3 Å². The molecule has 1 saturated carbocycles. The minimum Gasteiger partial charge on any atom is -0.460 e. The number of carbonyl (C=O) groups excluding carboxylic acids is 1. The van der Waals surface area contributed by atoms with Crippen molar-refractivity contribution in [2.75, 3.05) is 13.1 Å². The van der Waals surface area contributed by atoms with Gasteiger partial charge in [0.25, 0.3) is 0 Å². The Hall–Kier alpha value is -2.99. The van der Waals surface area contributed by atoms with Crippen LogP contribution in [0.1, 0.15) is 119 Å². The van der Waals surface area contributed by atoms with Crippen LogP contribution in [0.3, 0.4) is 0 Å². The molecule has 0 spiro atoms. The molecule has 40 heavy (non-hydrogen) atoms. The van der Waals surface area contributed by atoms with E-state index in [0.717, 1.165) is 37.7 Å². The molecule has 0 radical (unpaired) electrons. The van der Waals surface area contributed by atoms with Crippen LogP contribution in [0.25, 0.3) is 0 Å². The first-order valence-electron chi connectivity index (χ1n) is 15.2. The first kappa shape index (κ1) is 28.5. The normalized spacial score (nSPS) is 18.0. The van der Waals surface area contributed by atoms with Gasteiger partial charge in [-0.2, -0.15) is 4.98 Å². The van der Waals surface area contributed by atoms with E-state index in [1.54, 1.807) is 0 Å². The lowest BCUT2D eigenvalue weighted by molar-refractivity contribution is -0.155. The highest BCUT2D eigenvalue weighted by Crippen LogP contribution is 2.38. The summed E-state index contributed by atoms with van der Waals surface area (Å²) in [5.41, 5.74) is 2.07. The Bertz CT molecular complexity index is 1150. The zero-order chi connectivity index (χ0) is 28.0. The van der Waals surface area contributed by atoms with Crippen molar-refractivity contribution in [1.29, 1.82) is 0 Å². The number of hydrogen-bond donors (Lipinski definition) is 0. The van der Waals surface area contributed by atoms with Crippen molar-refractivity contribution in [3.05, 3.63) is 83.5 Å². The monoisotopic (exact) mass is 543 g/mol. The minimum atomic E-state index is -0.507. The highest BCUT2D eigenvalue weighted by atomic mass is 16.6. The van der Waals surface area contributed by atoms with Crippen LogP contribution in [0.4, 0.5) is 0 Å². The summed E-state index contributed by atoms with van der Waals surface area (Å²) in [5, 5.41) is 4.41. The molecular weight excluding hydrogens is 498 g/mol. The first-order valence-corrected chi connectivity index (χ1v) is 15.2. The smallest absolute Gasteiger partial charge is 0.307 e. The van der Waals surface area contributed by atoms with Crippen LogP contribution in [0.15, 0.2) is 65.2 Å². The number of carbonyl (C=O) groups is 1. The van der Waals surface area contributed by atoms with Crippen molar-refractivity contribution in [2.24, 2.45) is 5.92 Å². The van der Waals surface area contributed by atoms with Crippen LogP contribution < -0.4 is 0 Å². The molecule has 0 amide bonds. The molecule has 1 aliphatic heterocycles. The van der Waals surface area contributed by atoms with E-state index in [2.05, 4.69) is 70.7 Å². The van der Waals surface area contributed by atoms with Crippen molar-refractivity contribution in [1.82, 2.24) is 15.0 Å². The zero-order valence-corrected chi connectivity index (χ0v) is 24.4. The summed E-state index contributed by atoms with van der Waals surface area (Å²) >= 11 is 0. The Morgan fingerprint density at radius 1 is 0.975 bits per heavy atom. The third-order valence-electron chi connectivity index (χ3n) is 8.40. The minimum absolute atomic E-state index is 0.0998. The average Bonchev–Trinajstić information content (AvgIpc) is 3.40. The lowest BCUT2D eigenvalue weighted by Gasteiger charge is -2.43. The number of esters is 1. The van der Waals surface area contributed by atoms with Gasteiger partial charge >= 0.3 is 5.97 Å². The SMILES string of the molecule is CC(C)(C)OC(=O)CC(CCCC1CCCCC1)c1nc(C2CN(C(c3ccccc3)c3ccccc3)C2)no1. The second-order valence-corrected chi connectivity index (χ2v) is 12.8. The van der Waals surface area contributed by atoms with Gasteiger partial charge in [-0.15, -0.1) is 0 Å². The molecule has 1 atom stereocenters.